The first-order chi connectivity index (χ1) is 14.8. The van der Waals surface area contributed by atoms with Crippen molar-refractivity contribution in [1.82, 2.24) is 14.6 Å². The summed E-state index contributed by atoms with van der Waals surface area (Å²) in [6.07, 6.45) is 0.977. The predicted octanol–water partition coefficient (Wildman–Crippen LogP) is 3.62. The minimum Gasteiger partial charge on any atom is -0.352 e. The smallest absolute Gasteiger partial charge is 0.243 e. The topological polar surface area (TPSA) is 79.4 Å². The molecule has 1 heterocycles. The van der Waals surface area contributed by atoms with Crippen molar-refractivity contribution < 1.29 is 13.2 Å². The third-order valence-electron chi connectivity index (χ3n) is 4.96. The summed E-state index contributed by atoms with van der Waals surface area (Å²) >= 11 is 1.56. The summed E-state index contributed by atoms with van der Waals surface area (Å²) in [6, 6.07) is 16.6. The van der Waals surface area contributed by atoms with Gasteiger partial charge in [-0.2, -0.15) is 4.31 Å². The fourth-order valence-corrected chi connectivity index (χ4v) is 5.13. The zero-order valence-corrected chi connectivity index (χ0v) is 19.5. The van der Waals surface area contributed by atoms with Crippen molar-refractivity contribution in [2.24, 2.45) is 0 Å². The Balaban J connectivity index is 1.52. The molecule has 0 atom stereocenters. The number of sulfonamides is 1. The third kappa shape index (κ3) is 6.22. The quantitative estimate of drug-likeness (QED) is 0.532. The Morgan fingerprint density at radius 1 is 1.06 bits per heavy atom. The second-order valence-corrected chi connectivity index (χ2v) is 10.5. The Morgan fingerprint density at radius 2 is 1.74 bits per heavy atom. The van der Waals surface area contributed by atoms with Crippen LogP contribution in [0.5, 0.6) is 0 Å². The average Bonchev–Trinajstić information content (AvgIpc) is 3.19. The lowest BCUT2D eigenvalue weighted by molar-refractivity contribution is -0.120. The molecule has 0 aliphatic carbocycles. The first-order valence-electron chi connectivity index (χ1n) is 10.1. The summed E-state index contributed by atoms with van der Waals surface area (Å²) in [6.45, 7) is 3.99. The second kappa shape index (κ2) is 10.2. The van der Waals surface area contributed by atoms with E-state index < -0.39 is 10.0 Å². The van der Waals surface area contributed by atoms with E-state index in [1.54, 1.807) is 42.6 Å². The molecule has 1 N–H and O–H groups in total. The van der Waals surface area contributed by atoms with Gasteiger partial charge in [-0.25, -0.2) is 13.4 Å². The Kier molecular flexibility index (Phi) is 7.59. The van der Waals surface area contributed by atoms with Gasteiger partial charge in [-0.1, -0.05) is 42.5 Å². The molecule has 1 amide bonds. The van der Waals surface area contributed by atoms with Gasteiger partial charge in [0.1, 0.15) is 0 Å². The summed E-state index contributed by atoms with van der Waals surface area (Å²) < 4.78 is 26.4. The van der Waals surface area contributed by atoms with Crippen LogP contribution in [0.15, 0.2) is 64.9 Å². The van der Waals surface area contributed by atoms with Crippen LogP contribution in [0.25, 0.3) is 0 Å². The maximum Gasteiger partial charge on any atom is 0.243 e. The van der Waals surface area contributed by atoms with E-state index in [1.807, 2.05) is 37.4 Å². The monoisotopic (exact) mass is 457 g/mol. The maximum absolute atomic E-state index is 12.5. The number of carbonyl (C=O) groups excluding carboxylic acids is 1. The number of amides is 1. The molecule has 2 aromatic carbocycles. The van der Waals surface area contributed by atoms with E-state index in [1.165, 1.54) is 9.87 Å². The number of thiazole rings is 1. The van der Waals surface area contributed by atoms with E-state index in [2.05, 4.69) is 22.4 Å². The first kappa shape index (κ1) is 23.1. The Morgan fingerprint density at radius 3 is 2.39 bits per heavy atom. The molecule has 0 fully saturated rings. The zero-order chi connectivity index (χ0) is 22.4. The number of benzene rings is 2. The second-order valence-electron chi connectivity index (χ2n) is 7.61. The summed E-state index contributed by atoms with van der Waals surface area (Å²) in [5.41, 5.74) is 2.78. The predicted molar refractivity (Wildman–Crippen MR) is 123 cm³/mol. The fraction of sp³-hybridized carbons (Fsp3) is 0.304. The summed E-state index contributed by atoms with van der Waals surface area (Å²) in [5.74, 6) is -0.118. The van der Waals surface area contributed by atoms with Crippen molar-refractivity contribution >= 4 is 27.3 Å². The van der Waals surface area contributed by atoms with E-state index >= 15 is 0 Å². The lowest BCUT2D eigenvalue weighted by atomic mass is 10.2. The van der Waals surface area contributed by atoms with Crippen molar-refractivity contribution in [2.45, 2.75) is 44.2 Å². The highest BCUT2D eigenvalue weighted by Crippen LogP contribution is 2.18. The number of nitrogens with zero attached hydrogens (tertiary/aromatic N) is 2. The zero-order valence-electron chi connectivity index (χ0n) is 17.9. The molecule has 0 unspecified atom stereocenters. The van der Waals surface area contributed by atoms with Crippen molar-refractivity contribution in [1.29, 1.82) is 0 Å². The van der Waals surface area contributed by atoms with Crippen molar-refractivity contribution in [3.8, 4) is 0 Å². The molecule has 3 rings (SSSR count). The lowest BCUT2D eigenvalue weighted by Crippen LogP contribution is -2.33. The number of aromatic nitrogens is 1. The molecule has 0 saturated heterocycles. The van der Waals surface area contributed by atoms with Crippen LogP contribution in [0.2, 0.25) is 0 Å². The molecular formula is C23H27N3O3S2. The minimum atomic E-state index is -3.51. The van der Waals surface area contributed by atoms with Crippen LogP contribution in [0, 0.1) is 0 Å². The molecule has 8 heteroatoms. The van der Waals surface area contributed by atoms with Gasteiger partial charge in [0.05, 0.1) is 22.0 Å². The van der Waals surface area contributed by atoms with E-state index in [-0.39, 0.29) is 23.3 Å². The molecule has 0 aliphatic rings. The fourth-order valence-electron chi connectivity index (χ4n) is 2.93. The largest absolute Gasteiger partial charge is 0.352 e. The highest BCUT2D eigenvalue weighted by molar-refractivity contribution is 7.89. The van der Waals surface area contributed by atoms with Crippen LogP contribution in [-0.4, -0.2) is 36.7 Å². The van der Waals surface area contributed by atoms with E-state index in [4.69, 9.17) is 0 Å². The number of rotatable bonds is 9. The highest BCUT2D eigenvalue weighted by atomic mass is 32.2. The van der Waals surface area contributed by atoms with Crippen molar-refractivity contribution in [2.75, 3.05) is 7.05 Å². The van der Waals surface area contributed by atoms with Crippen molar-refractivity contribution in [3.63, 3.8) is 0 Å². The van der Waals surface area contributed by atoms with Crippen LogP contribution in [-0.2, 0) is 34.2 Å². The lowest BCUT2D eigenvalue weighted by Gasteiger charge is -2.21. The third-order valence-corrected chi connectivity index (χ3v) is 7.90. The van der Waals surface area contributed by atoms with Gasteiger partial charge in [0, 0.05) is 31.4 Å². The van der Waals surface area contributed by atoms with Gasteiger partial charge in [0.15, 0.2) is 0 Å². The molecular weight excluding hydrogens is 430 g/mol. The summed E-state index contributed by atoms with van der Waals surface area (Å²) in [4.78, 5) is 17.1. The molecule has 3 aromatic rings. The van der Waals surface area contributed by atoms with E-state index in [9.17, 15) is 13.2 Å². The number of nitrogens with one attached hydrogen (secondary N) is 1. The molecule has 0 radical (unpaired) electrons. The number of hydrogen-bond donors (Lipinski definition) is 1. The summed E-state index contributed by atoms with van der Waals surface area (Å²) in [5, 5.41) is 5.77. The van der Waals surface area contributed by atoms with Gasteiger partial charge in [-0.3, -0.25) is 4.79 Å². The van der Waals surface area contributed by atoms with E-state index in [0.717, 1.165) is 22.7 Å². The minimum absolute atomic E-state index is 0.118. The molecule has 164 valence electrons. The normalized spacial score (nSPS) is 11.8. The van der Waals surface area contributed by atoms with Crippen LogP contribution >= 0.6 is 11.3 Å². The highest BCUT2D eigenvalue weighted by Gasteiger charge is 2.22. The molecule has 0 bridgehead atoms. The Labute approximate surface area is 188 Å². The van der Waals surface area contributed by atoms with Crippen molar-refractivity contribution in [3.05, 3.63) is 81.8 Å². The van der Waals surface area contributed by atoms with Gasteiger partial charge in [-0.15, -0.1) is 11.3 Å². The van der Waals surface area contributed by atoms with E-state index in [0.29, 0.717) is 6.54 Å². The molecule has 6 nitrogen and oxygen atoms in total. The molecule has 0 spiro atoms. The number of carbonyl (C=O) groups is 1. The first-order valence-corrected chi connectivity index (χ1v) is 12.4. The van der Waals surface area contributed by atoms with Crippen LogP contribution in [0.1, 0.15) is 35.7 Å². The van der Waals surface area contributed by atoms with Crippen LogP contribution in [0.3, 0.4) is 0 Å². The molecule has 1 aromatic heterocycles. The molecule has 31 heavy (non-hydrogen) atoms. The van der Waals surface area contributed by atoms with Crippen LogP contribution < -0.4 is 5.32 Å². The van der Waals surface area contributed by atoms with Crippen LogP contribution in [0.4, 0.5) is 0 Å². The van der Waals surface area contributed by atoms with Gasteiger partial charge in [-0.05, 0) is 37.1 Å². The Bertz CT molecular complexity index is 1110. The Hall–Kier alpha value is -2.55. The molecule has 0 saturated carbocycles. The standard InChI is InChI=1S/C23H27N3O3S2/c1-17(2)26(3)31(28,29)21-11-9-19(10-12-21)15-24-22(27)14-20-16-30-23(25-20)13-18-7-5-4-6-8-18/h4-12,16-17H,13-15H2,1-3H3,(H,24,27). The summed E-state index contributed by atoms with van der Waals surface area (Å²) in [7, 11) is -1.94. The average molecular weight is 458 g/mol. The maximum atomic E-state index is 12.5. The van der Waals surface area contributed by atoms with Gasteiger partial charge in [0.25, 0.3) is 0 Å². The van der Waals surface area contributed by atoms with Gasteiger partial charge < -0.3 is 5.32 Å². The number of hydrogen-bond acceptors (Lipinski definition) is 5. The SMILES string of the molecule is CC(C)N(C)S(=O)(=O)c1ccc(CNC(=O)Cc2csc(Cc3ccccc3)n2)cc1. The van der Waals surface area contributed by atoms with Gasteiger partial charge in [0.2, 0.25) is 15.9 Å². The molecule has 0 aliphatic heterocycles. The van der Waals surface area contributed by atoms with Gasteiger partial charge >= 0.3 is 0 Å².